The molecule has 0 atom stereocenters. The molecule has 1 N–H and O–H groups in total. The molecule has 3 rings (SSSR count). The van der Waals surface area contributed by atoms with Gasteiger partial charge in [-0.2, -0.15) is 0 Å². The standard InChI is InChI=1S/C22H28N2O2.2C2H6/c1-2-26-21-11-8-18(9-12-21)19-7-10-20(24-16-19)15-22(25)23-14-13-17-5-3-4-6-17;2*1-2/h7-12,16-17H,2-6,13-15H2,1H3,(H,23,25);2*1-2H3. The van der Waals surface area contributed by atoms with E-state index < -0.39 is 0 Å². The number of ether oxygens (including phenoxy) is 1. The number of carbonyl (C=O) groups is 1. The molecule has 0 bridgehead atoms. The molecule has 1 aliphatic rings. The Balaban J connectivity index is 0.00000106. The maximum atomic E-state index is 12.1. The summed E-state index contributed by atoms with van der Waals surface area (Å²) in [5.41, 5.74) is 2.94. The summed E-state index contributed by atoms with van der Waals surface area (Å²) >= 11 is 0. The van der Waals surface area contributed by atoms with Crippen molar-refractivity contribution in [3.05, 3.63) is 48.3 Å². The quantitative estimate of drug-likeness (QED) is 0.543. The van der Waals surface area contributed by atoms with Crippen molar-refractivity contribution < 1.29 is 9.53 Å². The summed E-state index contributed by atoms with van der Waals surface area (Å²) < 4.78 is 5.46. The first-order chi connectivity index (χ1) is 14.7. The zero-order valence-electron chi connectivity index (χ0n) is 19.5. The van der Waals surface area contributed by atoms with Crippen LogP contribution in [0.5, 0.6) is 5.75 Å². The van der Waals surface area contributed by atoms with Crippen LogP contribution in [-0.4, -0.2) is 24.0 Å². The van der Waals surface area contributed by atoms with Crippen molar-refractivity contribution >= 4 is 5.91 Å². The molecule has 1 aromatic carbocycles. The molecule has 0 saturated heterocycles. The first-order valence-electron chi connectivity index (χ1n) is 11.7. The third-order valence-corrected chi connectivity index (χ3v) is 5.01. The molecule has 1 fully saturated rings. The topological polar surface area (TPSA) is 51.2 Å². The third kappa shape index (κ3) is 8.98. The number of benzene rings is 1. The highest BCUT2D eigenvalue weighted by atomic mass is 16.5. The lowest BCUT2D eigenvalue weighted by molar-refractivity contribution is -0.120. The van der Waals surface area contributed by atoms with Crippen molar-refractivity contribution in [1.29, 1.82) is 0 Å². The maximum Gasteiger partial charge on any atom is 0.226 e. The van der Waals surface area contributed by atoms with Crippen LogP contribution in [0.2, 0.25) is 0 Å². The van der Waals surface area contributed by atoms with E-state index in [1.807, 2.05) is 77.2 Å². The van der Waals surface area contributed by atoms with Crippen LogP contribution in [0.1, 0.15) is 72.4 Å². The van der Waals surface area contributed by atoms with Gasteiger partial charge in [-0.05, 0) is 43.0 Å². The summed E-state index contributed by atoms with van der Waals surface area (Å²) in [5.74, 6) is 1.74. The van der Waals surface area contributed by atoms with Gasteiger partial charge in [0.25, 0.3) is 0 Å². The van der Waals surface area contributed by atoms with Crippen LogP contribution >= 0.6 is 0 Å². The SMILES string of the molecule is CC.CC.CCOc1ccc(-c2ccc(CC(=O)NCCC3CCCC3)nc2)cc1. The highest BCUT2D eigenvalue weighted by molar-refractivity contribution is 5.78. The van der Waals surface area contributed by atoms with Crippen LogP contribution in [0.3, 0.4) is 0 Å². The van der Waals surface area contributed by atoms with Crippen molar-refractivity contribution in [3.8, 4) is 16.9 Å². The number of hydrogen-bond donors (Lipinski definition) is 1. The first-order valence-corrected chi connectivity index (χ1v) is 11.7. The molecule has 1 aliphatic carbocycles. The van der Waals surface area contributed by atoms with Gasteiger partial charge in [0.1, 0.15) is 5.75 Å². The number of hydrogen-bond acceptors (Lipinski definition) is 3. The molecule has 0 unspecified atom stereocenters. The average Bonchev–Trinajstić information content (AvgIpc) is 3.31. The van der Waals surface area contributed by atoms with Gasteiger partial charge in [0.2, 0.25) is 5.91 Å². The summed E-state index contributed by atoms with van der Waals surface area (Å²) in [5, 5.41) is 3.03. The largest absolute Gasteiger partial charge is 0.494 e. The lowest BCUT2D eigenvalue weighted by atomic mass is 10.0. The van der Waals surface area contributed by atoms with Crippen LogP contribution in [0.4, 0.5) is 0 Å². The smallest absolute Gasteiger partial charge is 0.226 e. The molecule has 1 heterocycles. The second-order valence-electron chi connectivity index (χ2n) is 6.96. The molecule has 30 heavy (non-hydrogen) atoms. The molecule has 0 radical (unpaired) electrons. The Hall–Kier alpha value is -2.36. The monoisotopic (exact) mass is 412 g/mol. The fraction of sp³-hybridized carbons (Fsp3) is 0.538. The summed E-state index contributed by atoms with van der Waals surface area (Å²) in [6.45, 7) is 11.4. The molecule has 166 valence electrons. The van der Waals surface area contributed by atoms with E-state index in [9.17, 15) is 4.79 Å². The van der Waals surface area contributed by atoms with Crippen LogP contribution in [0, 0.1) is 5.92 Å². The van der Waals surface area contributed by atoms with Crippen molar-refractivity contribution in [3.63, 3.8) is 0 Å². The highest BCUT2D eigenvalue weighted by Gasteiger charge is 2.14. The van der Waals surface area contributed by atoms with Gasteiger partial charge in [0.05, 0.1) is 13.0 Å². The van der Waals surface area contributed by atoms with Crippen LogP contribution < -0.4 is 10.1 Å². The van der Waals surface area contributed by atoms with E-state index in [0.29, 0.717) is 13.0 Å². The van der Waals surface area contributed by atoms with Crippen LogP contribution in [0.15, 0.2) is 42.6 Å². The molecule has 1 amide bonds. The van der Waals surface area contributed by atoms with Gasteiger partial charge in [0.15, 0.2) is 0 Å². The fourth-order valence-electron chi connectivity index (χ4n) is 3.55. The minimum absolute atomic E-state index is 0.0596. The predicted octanol–water partition coefficient (Wildman–Crippen LogP) is 6.44. The number of carbonyl (C=O) groups excluding carboxylic acids is 1. The summed E-state index contributed by atoms with van der Waals surface area (Å²) in [6.07, 6.45) is 8.63. The van der Waals surface area contributed by atoms with Crippen molar-refractivity contribution in [2.75, 3.05) is 13.2 Å². The second-order valence-corrected chi connectivity index (χ2v) is 6.96. The number of aromatic nitrogens is 1. The number of nitrogens with zero attached hydrogens (tertiary/aromatic N) is 1. The zero-order valence-corrected chi connectivity index (χ0v) is 19.5. The van der Waals surface area contributed by atoms with E-state index in [1.54, 1.807) is 0 Å². The van der Waals surface area contributed by atoms with Crippen molar-refractivity contribution in [2.45, 2.75) is 73.1 Å². The average molecular weight is 413 g/mol. The third-order valence-electron chi connectivity index (χ3n) is 5.01. The number of rotatable bonds is 8. The Morgan fingerprint density at radius 1 is 1.00 bits per heavy atom. The van der Waals surface area contributed by atoms with E-state index in [1.165, 1.54) is 25.7 Å². The van der Waals surface area contributed by atoms with Gasteiger partial charge < -0.3 is 10.1 Å². The molecule has 2 aromatic rings. The van der Waals surface area contributed by atoms with E-state index in [2.05, 4.69) is 10.3 Å². The lowest BCUT2D eigenvalue weighted by Crippen LogP contribution is -2.27. The summed E-state index contributed by atoms with van der Waals surface area (Å²) in [4.78, 5) is 16.5. The molecule has 0 spiro atoms. The predicted molar refractivity (Wildman–Crippen MR) is 127 cm³/mol. The molecule has 1 saturated carbocycles. The van der Waals surface area contributed by atoms with Gasteiger partial charge in [0, 0.05) is 24.0 Å². The molecule has 1 aromatic heterocycles. The Kier molecular flexibility index (Phi) is 13.2. The Morgan fingerprint density at radius 3 is 2.20 bits per heavy atom. The molecular weight excluding hydrogens is 372 g/mol. The summed E-state index contributed by atoms with van der Waals surface area (Å²) in [6, 6.07) is 11.9. The van der Waals surface area contributed by atoms with Gasteiger partial charge in [-0.3, -0.25) is 9.78 Å². The number of pyridine rings is 1. The van der Waals surface area contributed by atoms with E-state index >= 15 is 0 Å². The van der Waals surface area contributed by atoms with E-state index in [-0.39, 0.29) is 5.91 Å². The van der Waals surface area contributed by atoms with E-state index in [0.717, 1.165) is 41.5 Å². The normalized spacial score (nSPS) is 12.8. The van der Waals surface area contributed by atoms with Crippen molar-refractivity contribution in [1.82, 2.24) is 10.3 Å². The minimum Gasteiger partial charge on any atom is -0.494 e. The molecule has 4 nitrogen and oxygen atoms in total. The van der Waals surface area contributed by atoms with Gasteiger partial charge >= 0.3 is 0 Å². The number of amides is 1. The highest BCUT2D eigenvalue weighted by Crippen LogP contribution is 2.27. The van der Waals surface area contributed by atoms with Crippen LogP contribution in [0.25, 0.3) is 11.1 Å². The van der Waals surface area contributed by atoms with Gasteiger partial charge in [-0.25, -0.2) is 0 Å². The molecular formula is C26H40N2O2. The number of nitrogens with one attached hydrogen (secondary N) is 1. The molecule has 4 heteroatoms. The second kappa shape index (κ2) is 15.5. The molecule has 0 aliphatic heterocycles. The Bertz CT molecular complexity index is 690. The first kappa shape index (κ1) is 25.7. The van der Waals surface area contributed by atoms with Crippen molar-refractivity contribution in [2.24, 2.45) is 5.92 Å². The minimum atomic E-state index is 0.0596. The van der Waals surface area contributed by atoms with Gasteiger partial charge in [-0.1, -0.05) is 71.6 Å². The zero-order chi connectivity index (χ0) is 22.2. The maximum absolute atomic E-state index is 12.1. The lowest BCUT2D eigenvalue weighted by Gasteiger charge is -2.10. The Morgan fingerprint density at radius 2 is 1.63 bits per heavy atom. The Labute approximate surface area is 183 Å². The van der Waals surface area contributed by atoms with E-state index in [4.69, 9.17) is 4.74 Å². The van der Waals surface area contributed by atoms with Gasteiger partial charge in [-0.15, -0.1) is 0 Å². The van der Waals surface area contributed by atoms with Crippen LogP contribution in [-0.2, 0) is 11.2 Å². The summed E-state index contributed by atoms with van der Waals surface area (Å²) in [7, 11) is 0. The fourth-order valence-corrected chi connectivity index (χ4v) is 3.55.